The maximum Gasteiger partial charge on any atom is 0.0177 e. The van der Waals surface area contributed by atoms with Gasteiger partial charge < -0.3 is 0 Å². The minimum atomic E-state index is 0.755. The van der Waals surface area contributed by atoms with E-state index in [1.165, 1.54) is 70.6 Å². The molecule has 0 bridgehead atoms. The second kappa shape index (κ2) is 15.6. The van der Waals surface area contributed by atoms with E-state index in [2.05, 4.69) is 56.2 Å². The Bertz CT molecular complexity index is 192. The Morgan fingerprint density at radius 1 is 0.667 bits per heavy atom. The number of hydrogen-bond donors (Lipinski definition) is 0. The minimum Gasteiger partial charge on any atom is -0.0910 e. The van der Waals surface area contributed by atoms with Crippen molar-refractivity contribution < 1.29 is 0 Å². The van der Waals surface area contributed by atoms with E-state index >= 15 is 0 Å². The fraction of sp³-hybridized carbons (Fsp3) is 1.00. The van der Waals surface area contributed by atoms with E-state index in [9.17, 15) is 0 Å². The summed E-state index contributed by atoms with van der Waals surface area (Å²) < 4.78 is 0. The molecule has 0 aliphatic heterocycles. The zero-order valence-corrected chi connectivity index (χ0v) is 17.0. The van der Waals surface area contributed by atoms with Gasteiger partial charge >= 0.3 is 0 Å². The average molecular weight is 333 g/mol. The molecule has 0 saturated carbocycles. The Labute approximate surface area is 143 Å². The van der Waals surface area contributed by atoms with Gasteiger partial charge in [0.1, 0.15) is 0 Å². The first-order valence-corrected chi connectivity index (χ1v) is 11.7. The second-order valence-corrected chi connectivity index (χ2v) is 9.73. The molecule has 0 aromatic carbocycles. The topological polar surface area (TPSA) is 0 Å². The van der Waals surface area contributed by atoms with E-state index in [1.807, 2.05) is 0 Å². The van der Waals surface area contributed by atoms with Crippen molar-refractivity contribution in [3.8, 4) is 0 Å². The molecule has 1 unspecified atom stereocenters. The summed E-state index contributed by atoms with van der Waals surface area (Å²) in [5, 5.41) is 1.63. The lowest BCUT2D eigenvalue weighted by Gasteiger charge is -2.26. The van der Waals surface area contributed by atoms with Crippen molar-refractivity contribution in [1.82, 2.24) is 0 Å². The van der Waals surface area contributed by atoms with Gasteiger partial charge in [-0.15, -0.1) is 0 Å². The predicted molar refractivity (Wildman–Crippen MR) is 105 cm³/mol. The van der Waals surface area contributed by atoms with Crippen molar-refractivity contribution in [2.45, 2.75) is 116 Å². The molecular formula is C19H40S2. The Hall–Kier alpha value is 0.700. The summed E-state index contributed by atoms with van der Waals surface area (Å²) >= 11 is 0. The first-order chi connectivity index (χ1) is 10.2. The SMILES string of the molecule is CCCCCCC(CCCCCC)C(CC)SSC(C)C. The standard InChI is InChI=1S/C19H40S2/c1-6-9-11-13-15-18(16-14-12-10-7-2)19(8-3)21-20-17(4)5/h17-19H,6-16H2,1-5H3. The minimum absolute atomic E-state index is 0.755. The molecule has 0 spiro atoms. The number of hydrogen-bond acceptors (Lipinski definition) is 2. The van der Waals surface area contributed by atoms with Crippen molar-refractivity contribution in [1.29, 1.82) is 0 Å². The van der Waals surface area contributed by atoms with Gasteiger partial charge in [0.15, 0.2) is 0 Å². The molecule has 0 heterocycles. The summed E-state index contributed by atoms with van der Waals surface area (Å²) in [6.45, 7) is 11.7. The molecule has 0 nitrogen and oxygen atoms in total. The van der Waals surface area contributed by atoms with Crippen LogP contribution in [-0.2, 0) is 0 Å². The highest BCUT2D eigenvalue weighted by Crippen LogP contribution is 2.39. The normalized spacial score (nSPS) is 13.3. The zero-order valence-electron chi connectivity index (χ0n) is 15.3. The van der Waals surface area contributed by atoms with E-state index in [4.69, 9.17) is 0 Å². The van der Waals surface area contributed by atoms with Crippen LogP contribution in [0.4, 0.5) is 0 Å². The van der Waals surface area contributed by atoms with Crippen molar-refractivity contribution in [2.75, 3.05) is 0 Å². The van der Waals surface area contributed by atoms with E-state index in [0.29, 0.717) is 0 Å². The molecule has 0 saturated heterocycles. The first-order valence-electron chi connectivity index (χ1n) is 9.47. The smallest absolute Gasteiger partial charge is 0.0177 e. The largest absolute Gasteiger partial charge is 0.0910 e. The molecule has 128 valence electrons. The molecular weight excluding hydrogens is 292 g/mol. The molecule has 0 aliphatic carbocycles. The van der Waals surface area contributed by atoms with Crippen LogP contribution in [0.15, 0.2) is 0 Å². The highest BCUT2D eigenvalue weighted by Gasteiger charge is 2.20. The van der Waals surface area contributed by atoms with Crippen LogP contribution in [0.3, 0.4) is 0 Å². The van der Waals surface area contributed by atoms with Gasteiger partial charge in [-0.3, -0.25) is 0 Å². The highest BCUT2D eigenvalue weighted by molar-refractivity contribution is 8.77. The van der Waals surface area contributed by atoms with Crippen molar-refractivity contribution in [3.63, 3.8) is 0 Å². The lowest BCUT2D eigenvalue weighted by atomic mass is 9.90. The summed E-state index contributed by atoms with van der Waals surface area (Å²) in [4.78, 5) is 0. The zero-order chi connectivity index (χ0) is 15.9. The third-order valence-electron chi connectivity index (χ3n) is 4.16. The first kappa shape index (κ1) is 21.7. The molecule has 21 heavy (non-hydrogen) atoms. The van der Waals surface area contributed by atoms with E-state index in [-0.39, 0.29) is 0 Å². The summed E-state index contributed by atoms with van der Waals surface area (Å²) in [7, 11) is 4.28. The molecule has 0 radical (unpaired) electrons. The lowest BCUT2D eigenvalue weighted by Crippen LogP contribution is -2.16. The van der Waals surface area contributed by atoms with Crippen molar-refractivity contribution in [2.24, 2.45) is 5.92 Å². The molecule has 0 aliphatic rings. The summed E-state index contributed by atoms with van der Waals surface area (Å²) in [5.41, 5.74) is 0. The van der Waals surface area contributed by atoms with Crippen LogP contribution in [0.5, 0.6) is 0 Å². The Morgan fingerprint density at radius 2 is 1.19 bits per heavy atom. The third kappa shape index (κ3) is 12.9. The number of rotatable bonds is 15. The number of unbranched alkanes of at least 4 members (excludes halogenated alkanes) is 6. The van der Waals surface area contributed by atoms with Gasteiger partial charge in [-0.05, 0) is 25.2 Å². The Morgan fingerprint density at radius 3 is 1.57 bits per heavy atom. The molecule has 0 N–H and O–H groups in total. The second-order valence-electron chi connectivity index (χ2n) is 6.65. The van der Waals surface area contributed by atoms with Gasteiger partial charge in [0.25, 0.3) is 0 Å². The molecule has 0 rings (SSSR count). The van der Waals surface area contributed by atoms with Gasteiger partial charge in [-0.2, -0.15) is 0 Å². The van der Waals surface area contributed by atoms with Crippen LogP contribution < -0.4 is 0 Å². The molecule has 0 amide bonds. The van der Waals surface area contributed by atoms with Crippen molar-refractivity contribution >= 4 is 21.6 Å². The van der Waals surface area contributed by atoms with E-state index in [1.54, 1.807) is 0 Å². The molecule has 1 atom stereocenters. The van der Waals surface area contributed by atoms with Crippen LogP contribution in [-0.4, -0.2) is 10.5 Å². The van der Waals surface area contributed by atoms with Crippen LogP contribution in [0, 0.1) is 5.92 Å². The van der Waals surface area contributed by atoms with Gasteiger partial charge in [0.2, 0.25) is 0 Å². The quantitative estimate of drug-likeness (QED) is 0.219. The van der Waals surface area contributed by atoms with Crippen LogP contribution in [0.2, 0.25) is 0 Å². The summed E-state index contributed by atoms with van der Waals surface area (Å²) in [6, 6.07) is 0. The molecule has 2 heteroatoms. The summed E-state index contributed by atoms with van der Waals surface area (Å²) in [5.74, 6) is 0.958. The predicted octanol–water partition coefficient (Wildman–Crippen LogP) is 8.11. The maximum atomic E-state index is 2.39. The highest BCUT2D eigenvalue weighted by atomic mass is 33.1. The van der Waals surface area contributed by atoms with E-state index < -0.39 is 0 Å². The average Bonchev–Trinajstić information content (AvgIpc) is 2.47. The third-order valence-corrected chi connectivity index (χ3v) is 7.85. The van der Waals surface area contributed by atoms with Crippen LogP contribution in [0.1, 0.15) is 105 Å². The molecule has 0 aromatic rings. The van der Waals surface area contributed by atoms with E-state index in [0.717, 1.165) is 16.4 Å². The monoisotopic (exact) mass is 332 g/mol. The maximum absolute atomic E-state index is 2.39. The lowest BCUT2D eigenvalue weighted by molar-refractivity contribution is 0.390. The molecule has 0 fully saturated rings. The van der Waals surface area contributed by atoms with Gasteiger partial charge in [0.05, 0.1) is 0 Å². The Kier molecular flexibility index (Phi) is 16.1. The van der Waals surface area contributed by atoms with Crippen molar-refractivity contribution in [3.05, 3.63) is 0 Å². The fourth-order valence-corrected chi connectivity index (χ4v) is 5.75. The molecule has 0 aromatic heterocycles. The van der Waals surface area contributed by atoms with Crippen LogP contribution in [0.25, 0.3) is 0 Å². The van der Waals surface area contributed by atoms with Gasteiger partial charge in [0, 0.05) is 10.5 Å². The van der Waals surface area contributed by atoms with Crippen LogP contribution >= 0.6 is 21.6 Å². The summed E-state index contributed by atoms with van der Waals surface area (Å²) in [6.07, 6.45) is 15.6. The van der Waals surface area contributed by atoms with Gasteiger partial charge in [-0.1, -0.05) is 108 Å². The fourth-order valence-electron chi connectivity index (χ4n) is 2.85. The van der Waals surface area contributed by atoms with Gasteiger partial charge in [-0.25, -0.2) is 0 Å². The Balaban J connectivity index is 4.21.